The van der Waals surface area contributed by atoms with Crippen LogP contribution in [-0.2, 0) is 4.79 Å². The van der Waals surface area contributed by atoms with Crippen molar-refractivity contribution in [3.05, 3.63) is 0 Å². The highest BCUT2D eigenvalue weighted by Crippen LogP contribution is 2.16. The fourth-order valence-electron chi connectivity index (χ4n) is 1.38. The van der Waals surface area contributed by atoms with E-state index >= 15 is 0 Å². The normalized spacial score (nSPS) is 21.1. The number of carbonyl (C=O) groups is 1. The van der Waals surface area contributed by atoms with Gasteiger partial charge in [0.2, 0.25) is 5.91 Å². The van der Waals surface area contributed by atoms with Crippen molar-refractivity contribution in [2.24, 2.45) is 0 Å². The van der Waals surface area contributed by atoms with Gasteiger partial charge in [-0.2, -0.15) is 0 Å². The first-order valence-corrected chi connectivity index (χ1v) is 4.95. The zero-order valence-electron chi connectivity index (χ0n) is 7.48. The molecule has 5 heteroatoms. The Kier molecular flexibility index (Phi) is 3.96. The van der Waals surface area contributed by atoms with Gasteiger partial charge in [0.15, 0.2) is 0 Å². The summed E-state index contributed by atoms with van der Waals surface area (Å²) in [4.78, 5) is 10.8. The Hall–Kier alpha value is -0.320. The molecular weight excluding hydrogens is 192 g/mol. The monoisotopic (exact) mass is 206 g/mol. The SMILES string of the molecule is O=C(CCl)NCC1(O)CCNCC1. The molecule has 0 bridgehead atoms. The Labute approximate surface area is 82.6 Å². The van der Waals surface area contributed by atoms with Crippen LogP contribution in [-0.4, -0.2) is 42.1 Å². The molecule has 1 amide bonds. The molecule has 0 saturated carbocycles. The molecule has 0 spiro atoms. The number of halogens is 1. The van der Waals surface area contributed by atoms with E-state index in [1.54, 1.807) is 0 Å². The molecule has 1 aliphatic rings. The highest BCUT2D eigenvalue weighted by molar-refractivity contribution is 6.27. The molecule has 0 aliphatic carbocycles. The van der Waals surface area contributed by atoms with Gasteiger partial charge in [-0.15, -0.1) is 11.6 Å². The number of aliphatic hydroxyl groups is 1. The van der Waals surface area contributed by atoms with E-state index in [4.69, 9.17) is 11.6 Å². The summed E-state index contributed by atoms with van der Waals surface area (Å²) in [6.45, 7) is 1.90. The first kappa shape index (κ1) is 10.8. The third kappa shape index (κ3) is 3.50. The van der Waals surface area contributed by atoms with E-state index < -0.39 is 5.60 Å². The highest BCUT2D eigenvalue weighted by atomic mass is 35.5. The molecule has 0 atom stereocenters. The molecule has 1 rings (SSSR count). The van der Waals surface area contributed by atoms with Gasteiger partial charge in [-0.3, -0.25) is 4.79 Å². The topological polar surface area (TPSA) is 61.4 Å². The van der Waals surface area contributed by atoms with E-state index in [-0.39, 0.29) is 11.8 Å². The van der Waals surface area contributed by atoms with Crippen LogP contribution in [0.25, 0.3) is 0 Å². The molecular formula is C8H15ClN2O2. The minimum Gasteiger partial charge on any atom is -0.388 e. The minimum atomic E-state index is -0.743. The number of hydrogen-bond acceptors (Lipinski definition) is 3. The van der Waals surface area contributed by atoms with Crippen molar-refractivity contribution >= 4 is 17.5 Å². The average molecular weight is 207 g/mol. The lowest BCUT2D eigenvalue weighted by Crippen LogP contribution is -2.49. The zero-order chi connectivity index (χ0) is 9.73. The largest absolute Gasteiger partial charge is 0.388 e. The van der Waals surface area contributed by atoms with Crippen molar-refractivity contribution in [2.45, 2.75) is 18.4 Å². The second-order valence-electron chi connectivity index (χ2n) is 3.38. The van der Waals surface area contributed by atoms with Gasteiger partial charge < -0.3 is 15.7 Å². The Bertz CT molecular complexity index is 181. The number of rotatable bonds is 3. The van der Waals surface area contributed by atoms with Crippen LogP contribution < -0.4 is 10.6 Å². The van der Waals surface area contributed by atoms with E-state index in [1.165, 1.54) is 0 Å². The summed E-state index contributed by atoms with van der Waals surface area (Å²) in [5.74, 6) is -0.275. The number of hydrogen-bond donors (Lipinski definition) is 3. The van der Waals surface area contributed by atoms with Crippen LogP contribution in [0.1, 0.15) is 12.8 Å². The Morgan fingerprint density at radius 3 is 2.69 bits per heavy atom. The molecule has 1 heterocycles. The van der Waals surface area contributed by atoms with Crippen LogP contribution in [0.2, 0.25) is 0 Å². The van der Waals surface area contributed by atoms with Gasteiger partial charge in [0.05, 0.1) is 5.60 Å². The molecule has 3 N–H and O–H groups in total. The Morgan fingerprint density at radius 1 is 1.54 bits per heavy atom. The van der Waals surface area contributed by atoms with Crippen LogP contribution in [0, 0.1) is 0 Å². The third-order valence-corrected chi connectivity index (χ3v) is 2.51. The molecule has 1 fully saturated rings. The second kappa shape index (κ2) is 4.79. The van der Waals surface area contributed by atoms with Crippen LogP contribution >= 0.6 is 11.6 Å². The van der Waals surface area contributed by atoms with Gasteiger partial charge in [-0.1, -0.05) is 0 Å². The standard InChI is InChI=1S/C8H15ClN2O2/c9-5-7(12)11-6-8(13)1-3-10-4-2-8/h10,13H,1-6H2,(H,11,12). The lowest BCUT2D eigenvalue weighted by molar-refractivity contribution is -0.120. The number of alkyl halides is 1. The van der Waals surface area contributed by atoms with E-state index in [0.717, 1.165) is 13.1 Å². The molecule has 1 saturated heterocycles. The van der Waals surface area contributed by atoms with E-state index in [9.17, 15) is 9.90 Å². The van der Waals surface area contributed by atoms with Crippen molar-refractivity contribution in [2.75, 3.05) is 25.5 Å². The first-order valence-electron chi connectivity index (χ1n) is 4.42. The maximum absolute atomic E-state index is 10.8. The van der Waals surface area contributed by atoms with Crippen molar-refractivity contribution in [3.63, 3.8) is 0 Å². The molecule has 13 heavy (non-hydrogen) atoms. The van der Waals surface area contributed by atoms with Crippen LogP contribution in [0.15, 0.2) is 0 Å². The molecule has 0 radical (unpaired) electrons. The van der Waals surface area contributed by atoms with Gasteiger partial charge in [0, 0.05) is 6.54 Å². The summed E-state index contributed by atoms with van der Waals surface area (Å²) >= 11 is 5.31. The number of nitrogens with one attached hydrogen (secondary N) is 2. The van der Waals surface area contributed by atoms with Gasteiger partial charge >= 0.3 is 0 Å². The lowest BCUT2D eigenvalue weighted by atomic mass is 9.92. The third-order valence-electron chi connectivity index (χ3n) is 2.27. The number of carbonyl (C=O) groups excluding carboxylic acids is 1. The van der Waals surface area contributed by atoms with E-state index in [0.29, 0.717) is 19.4 Å². The molecule has 76 valence electrons. The number of piperidine rings is 1. The van der Waals surface area contributed by atoms with Gasteiger partial charge in [0.1, 0.15) is 5.88 Å². The Balaban J connectivity index is 2.28. The van der Waals surface area contributed by atoms with E-state index in [2.05, 4.69) is 10.6 Å². The van der Waals surface area contributed by atoms with E-state index in [1.807, 2.05) is 0 Å². The van der Waals surface area contributed by atoms with Crippen LogP contribution in [0.5, 0.6) is 0 Å². The summed E-state index contributed by atoms with van der Waals surface area (Å²) in [5, 5.41) is 15.7. The molecule has 0 aromatic rings. The predicted molar refractivity (Wildman–Crippen MR) is 50.8 cm³/mol. The Morgan fingerprint density at radius 2 is 2.15 bits per heavy atom. The fraction of sp³-hybridized carbons (Fsp3) is 0.875. The summed E-state index contributed by atoms with van der Waals surface area (Å²) < 4.78 is 0. The summed E-state index contributed by atoms with van der Waals surface area (Å²) in [5.41, 5.74) is -0.743. The quantitative estimate of drug-likeness (QED) is 0.544. The highest BCUT2D eigenvalue weighted by Gasteiger charge is 2.29. The average Bonchev–Trinajstić information content (AvgIpc) is 2.15. The molecule has 0 aromatic carbocycles. The molecule has 4 nitrogen and oxygen atoms in total. The predicted octanol–water partition coefficient (Wildman–Crippen LogP) is -0.544. The van der Waals surface area contributed by atoms with Crippen LogP contribution in [0.3, 0.4) is 0 Å². The van der Waals surface area contributed by atoms with Crippen molar-refractivity contribution in [1.82, 2.24) is 10.6 Å². The van der Waals surface area contributed by atoms with Crippen LogP contribution in [0.4, 0.5) is 0 Å². The van der Waals surface area contributed by atoms with Crippen molar-refractivity contribution in [3.8, 4) is 0 Å². The fourth-order valence-corrected chi connectivity index (χ4v) is 1.47. The summed E-state index contributed by atoms with van der Waals surface area (Å²) in [6.07, 6.45) is 1.35. The molecule has 0 unspecified atom stereocenters. The van der Waals surface area contributed by atoms with Crippen molar-refractivity contribution < 1.29 is 9.90 Å². The summed E-state index contributed by atoms with van der Waals surface area (Å²) in [6, 6.07) is 0. The van der Waals surface area contributed by atoms with Gasteiger partial charge in [0.25, 0.3) is 0 Å². The number of amides is 1. The van der Waals surface area contributed by atoms with Crippen molar-refractivity contribution in [1.29, 1.82) is 0 Å². The molecule has 1 aliphatic heterocycles. The maximum atomic E-state index is 10.8. The second-order valence-corrected chi connectivity index (χ2v) is 3.65. The first-order chi connectivity index (χ1) is 6.16. The van der Waals surface area contributed by atoms with Gasteiger partial charge in [-0.05, 0) is 25.9 Å². The minimum absolute atomic E-state index is 0.0473. The zero-order valence-corrected chi connectivity index (χ0v) is 8.23. The summed E-state index contributed by atoms with van der Waals surface area (Å²) in [7, 11) is 0. The van der Waals surface area contributed by atoms with Gasteiger partial charge in [-0.25, -0.2) is 0 Å². The lowest BCUT2D eigenvalue weighted by Gasteiger charge is -2.32. The molecule has 0 aromatic heterocycles. The smallest absolute Gasteiger partial charge is 0.235 e. The maximum Gasteiger partial charge on any atom is 0.235 e.